The lowest BCUT2D eigenvalue weighted by atomic mass is 10.1. The quantitative estimate of drug-likeness (QED) is 0.783. The van der Waals surface area contributed by atoms with E-state index in [9.17, 15) is 9.18 Å². The molecule has 1 aliphatic rings. The van der Waals surface area contributed by atoms with Crippen LogP contribution in [0.3, 0.4) is 0 Å². The fourth-order valence-corrected chi connectivity index (χ4v) is 3.09. The van der Waals surface area contributed by atoms with Crippen LogP contribution >= 0.6 is 0 Å². The summed E-state index contributed by atoms with van der Waals surface area (Å²) in [4.78, 5) is 12.2. The highest BCUT2D eigenvalue weighted by atomic mass is 19.1. The largest absolute Gasteiger partial charge is 0.355 e. The second-order valence-corrected chi connectivity index (χ2v) is 6.06. The molecule has 1 saturated carbocycles. The lowest BCUT2D eigenvalue weighted by Crippen LogP contribution is -2.28. The molecular formula is C18H17FN4O. The van der Waals surface area contributed by atoms with E-state index in [1.54, 1.807) is 12.1 Å². The van der Waals surface area contributed by atoms with Gasteiger partial charge in [-0.25, -0.2) is 4.39 Å². The van der Waals surface area contributed by atoms with Crippen molar-refractivity contribution in [2.75, 3.05) is 6.54 Å². The number of hydrogen-bond acceptors (Lipinski definition) is 3. The number of carbonyl (C=O) groups excluding carboxylic acids is 1. The normalized spacial score (nSPS) is 19.4. The van der Waals surface area contributed by atoms with Crippen LogP contribution in [0.2, 0.25) is 0 Å². The van der Waals surface area contributed by atoms with Crippen molar-refractivity contribution < 1.29 is 9.18 Å². The van der Waals surface area contributed by atoms with E-state index in [-0.39, 0.29) is 23.6 Å². The van der Waals surface area contributed by atoms with Gasteiger partial charge in [0.05, 0.1) is 0 Å². The SMILES string of the molecule is O=C(NCCc1nnc2ccccn12)C1CC1c1ccccc1F. The summed E-state index contributed by atoms with van der Waals surface area (Å²) in [7, 11) is 0. The number of fused-ring (bicyclic) bond motifs is 1. The summed E-state index contributed by atoms with van der Waals surface area (Å²) in [5.74, 6) is 0.439. The Bertz CT molecular complexity index is 891. The predicted octanol–water partition coefficient (Wildman–Crippen LogP) is 2.33. The van der Waals surface area contributed by atoms with Crippen molar-refractivity contribution in [2.45, 2.75) is 18.8 Å². The zero-order chi connectivity index (χ0) is 16.5. The minimum Gasteiger partial charge on any atom is -0.355 e. The first-order valence-electron chi connectivity index (χ1n) is 8.05. The Morgan fingerprint density at radius 3 is 2.92 bits per heavy atom. The number of hydrogen-bond donors (Lipinski definition) is 1. The number of nitrogens with one attached hydrogen (secondary N) is 1. The molecule has 0 radical (unpaired) electrons. The van der Waals surface area contributed by atoms with Crippen molar-refractivity contribution >= 4 is 11.6 Å². The van der Waals surface area contributed by atoms with E-state index in [1.807, 2.05) is 34.9 Å². The summed E-state index contributed by atoms with van der Waals surface area (Å²) in [6.45, 7) is 0.495. The van der Waals surface area contributed by atoms with Crippen LogP contribution in [-0.2, 0) is 11.2 Å². The first-order chi connectivity index (χ1) is 11.7. The number of benzene rings is 1. The monoisotopic (exact) mass is 324 g/mol. The van der Waals surface area contributed by atoms with Crippen molar-refractivity contribution in [3.8, 4) is 0 Å². The lowest BCUT2D eigenvalue weighted by Gasteiger charge is -2.05. The van der Waals surface area contributed by atoms with Gasteiger partial charge in [0.15, 0.2) is 5.65 Å². The maximum Gasteiger partial charge on any atom is 0.223 e. The summed E-state index contributed by atoms with van der Waals surface area (Å²) in [5, 5.41) is 11.1. The van der Waals surface area contributed by atoms with Crippen LogP contribution in [0, 0.1) is 11.7 Å². The van der Waals surface area contributed by atoms with Gasteiger partial charge in [-0.15, -0.1) is 10.2 Å². The summed E-state index contributed by atoms with van der Waals surface area (Å²) < 4.78 is 15.7. The number of carbonyl (C=O) groups is 1. The molecule has 0 spiro atoms. The van der Waals surface area contributed by atoms with Crippen molar-refractivity contribution in [1.29, 1.82) is 0 Å². The van der Waals surface area contributed by atoms with Gasteiger partial charge in [0, 0.05) is 25.1 Å². The molecule has 2 atom stereocenters. The molecule has 5 nitrogen and oxygen atoms in total. The Morgan fingerprint density at radius 2 is 2.04 bits per heavy atom. The van der Waals surface area contributed by atoms with E-state index in [4.69, 9.17) is 0 Å². The van der Waals surface area contributed by atoms with Gasteiger partial charge >= 0.3 is 0 Å². The van der Waals surface area contributed by atoms with Crippen LogP contribution in [-0.4, -0.2) is 27.0 Å². The third-order valence-electron chi connectivity index (χ3n) is 4.46. The number of amides is 1. The fraction of sp³-hybridized carbons (Fsp3) is 0.278. The summed E-state index contributed by atoms with van der Waals surface area (Å²) in [6.07, 6.45) is 3.22. The maximum atomic E-state index is 13.8. The highest BCUT2D eigenvalue weighted by molar-refractivity contribution is 5.82. The average molecular weight is 324 g/mol. The third kappa shape index (κ3) is 2.75. The lowest BCUT2D eigenvalue weighted by molar-refractivity contribution is -0.122. The summed E-state index contributed by atoms with van der Waals surface area (Å²) in [6, 6.07) is 12.4. The topological polar surface area (TPSA) is 59.3 Å². The Morgan fingerprint density at radius 1 is 1.21 bits per heavy atom. The molecule has 2 aromatic heterocycles. The fourth-order valence-electron chi connectivity index (χ4n) is 3.09. The van der Waals surface area contributed by atoms with E-state index >= 15 is 0 Å². The van der Waals surface area contributed by atoms with Crippen LogP contribution in [0.15, 0.2) is 48.7 Å². The van der Waals surface area contributed by atoms with E-state index in [2.05, 4.69) is 15.5 Å². The van der Waals surface area contributed by atoms with Gasteiger partial charge in [-0.05, 0) is 36.1 Å². The van der Waals surface area contributed by atoms with Crippen molar-refractivity contribution in [3.63, 3.8) is 0 Å². The van der Waals surface area contributed by atoms with Crippen LogP contribution in [0.25, 0.3) is 5.65 Å². The van der Waals surface area contributed by atoms with E-state index in [1.165, 1.54) is 6.07 Å². The Balaban J connectivity index is 1.33. The molecular weight excluding hydrogens is 307 g/mol. The van der Waals surface area contributed by atoms with Gasteiger partial charge in [-0.1, -0.05) is 24.3 Å². The molecule has 24 heavy (non-hydrogen) atoms. The standard InChI is InChI=1S/C18H17FN4O/c19-15-6-2-1-5-12(15)13-11-14(13)18(24)20-9-8-17-22-21-16-7-3-4-10-23(16)17/h1-7,10,13-14H,8-9,11H2,(H,20,24). The minimum absolute atomic E-state index is 0.000113. The zero-order valence-electron chi connectivity index (χ0n) is 13.0. The van der Waals surface area contributed by atoms with Crippen LogP contribution < -0.4 is 5.32 Å². The average Bonchev–Trinajstić information content (AvgIpc) is 3.29. The number of aromatic nitrogens is 3. The molecule has 1 amide bonds. The molecule has 1 fully saturated rings. The van der Waals surface area contributed by atoms with Crippen molar-refractivity contribution in [1.82, 2.24) is 19.9 Å². The Kier molecular flexibility index (Phi) is 3.72. The molecule has 4 rings (SSSR count). The first-order valence-corrected chi connectivity index (χ1v) is 8.05. The number of nitrogens with zero attached hydrogens (tertiary/aromatic N) is 3. The minimum atomic E-state index is -0.229. The van der Waals surface area contributed by atoms with Gasteiger partial charge in [-0.2, -0.15) is 0 Å². The van der Waals surface area contributed by atoms with Gasteiger partial charge in [0.1, 0.15) is 11.6 Å². The van der Waals surface area contributed by atoms with Gasteiger partial charge in [0.25, 0.3) is 0 Å². The highest BCUT2D eigenvalue weighted by Gasteiger charge is 2.44. The molecule has 2 unspecified atom stereocenters. The maximum absolute atomic E-state index is 13.8. The third-order valence-corrected chi connectivity index (χ3v) is 4.46. The van der Waals surface area contributed by atoms with E-state index in [0.717, 1.165) is 11.5 Å². The smallest absolute Gasteiger partial charge is 0.223 e. The molecule has 1 aliphatic carbocycles. The molecule has 1 aromatic carbocycles. The molecule has 2 heterocycles. The molecule has 0 aliphatic heterocycles. The summed E-state index contributed by atoms with van der Waals surface area (Å²) >= 11 is 0. The van der Waals surface area contributed by atoms with E-state index < -0.39 is 0 Å². The zero-order valence-corrected chi connectivity index (χ0v) is 13.0. The first kappa shape index (κ1) is 14.8. The number of halogens is 1. The Hall–Kier alpha value is -2.76. The van der Waals surface area contributed by atoms with Crippen LogP contribution in [0.5, 0.6) is 0 Å². The van der Waals surface area contributed by atoms with Crippen molar-refractivity contribution in [2.24, 2.45) is 5.92 Å². The molecule has 6 heteroatoms. The number of rotatable bonds is 5. The molecule has 0 saturated heterocycles. The predicted molar refractivity (Wildman–Crippen MR) is 86.9 cm³/mol. The van der Waals surface area contributed by atoms with Gasteiger partial charge in [-0.3, -0.25) is 9.20 Å². The van der Waals surface area contributed by atoms with Crippen LogP contribution in [0.1, 0.15) is 23.7 Å². The van der Waals surface area contributed by atoms with Gasteiger partial charge < -0.3 is 5.32 Å². The molecule has 1 N–H and O–H groups in total. The van der Waals surface area contributed by atoms with Crippen molar-refractivity contribution in [3.05, 3.63) is 65.9 Å². The number of pyridine rings is 1. The summed E-state index contributed by atoms with van der Waals surface area (Å²) in [5.41, 5.74) is 1.43. The molecule has 122 valence electrons. The van der Waals surface area contributed by atoms with E-state index in [0.29, 0.717) is 24.9 Å². The second kappa shape index (κ2) is 6.03. The van der Waals surface area contributed by atoms with Gasteiger partial charge in [0.2, 0.25) is 5.91 Å². The molecule has 3 aromatic rings. The second-order valence-electron chi connectivity index (χ2n) is 6.06. The van der Waals surface area contributed by atoms with Crippen LogP contribution in [0.4, 0.5) is 4.39 Å². The Labute approximate surface area is 138 Å². The highest BCUT2D eigenvalue weighted by Crippen LogP contribution is 2.48. The molecule has 0 bridgehead atoms.